The molecule has 2 atom stereocenters. The first kappa shape index (κ1) is 15.3. The number of nitrogens with one attached hydrogen (secondary N) is 2. The SMILES string of the molecule is CC(NCC1CCCNC1)c1ccc(C(F)(F)F)cc1. The van der Waals surface area contributed by atoms with Gasteiger partial charge in [-0.25, -0.2) is 0 Å². The van der Waals surface area contributed by atoms with Crippen LogP contribution in [0.3, 0.4) is 0 Å². The second kappa shape index (κ2) is 6.59. The number of piperidine rings is 1. The molecule has 2 nitrogen and oxygen atoms in total. The van der Waals surface area contributed by atoms with Gasteiger partial charge in [0.25, 0.3) is 0 Å². The molecule has 5 heteroatoms. The molecule has 1 aliphatic rings. The fourth-order valence-corrected chi connectivity index (χ4v) is 2.52. The first-order valence-corrected chi connectivity index (χ1v) is 7.08. The van der Waals surface area contributed by atoms with Crippen molar-refractivity contribution in [1.82, 2.24) is 10.6 Å². The molecule has 0 radical (unpaired) electrons. The summed E-state index contributed by atoms with van der Waals surface area (Å²) in [5.74, 6) is 0.612. The zero-order valence-electron chi connectivity index (χ0n) is 11.6. The Labute approximate surface area is 117 Å². The topological polar surface area (TPSA) is 24.1 Å². The Kier molecular flexibility index (Phi) is 5.05. The van der Waals surface area contributed by atoms with Crippen molar-refractivity contribution >= 4 is 0 Å². The monoisotopic (exact) mass is 286 g/mol. The van der Waals surface area contributed by atoms with Gasteiger partial charge >= 0.3 is 6.18 Å². The van der Waals surface area contributed by atoms with E-state index in [1.807, 2.05) is 6.92 Å². The summed E-state index contributed by atoms with van der Waals surface area (Å²) in [6.45, 7) is 4.99. The summed E-state index contributed by atoms with van der Waals surface area (Å²) in [4.78, 5) is 0. The average molecular weight is 286 g/mol. The maximum Gasteiger partial charge on any atom is 0.416 e. The number of rotatable bonds is 4. The fourth-order valence-electron chi connectivity index (χ4n) is 2.52. The van der Waals surface area contributed by atoms with Crippen molar-refractivity contribution in [3.05, 3.63) is 35.4 Å². The summed E-state index contributed by atoms with van der Waals surface area (Å²) in [5.41, 5.74) is 0.298. The lowest BCUT2D eigenvalue weighted by Gasteiger charge is -2.25. The zero-order valence-corrected chi connectivity index (χ0v) is 11.6. The second-order valence-corrected chi connectivity index (χ2v) is 5.46. The summed E-state index contributed by atoms with van der Waals surface area (Å²) in [5, 5.41) is 6.76. The molecule has 0 aromatic heterocycles. The van der Waals surface area contributed by atoms with E-state index >= 15 is 0 Å². The van der Waals surface area contributed by atoms with E-state index in [1.54, 1.807) is 12.1 Å². The maximum absolute atomic E-state index is 12.5. The van der Waals surface area contributed by atoms with Crippen molar-refractivity contribution in [3.8, 4) is 0 Å². The van der Waals surface area contributed by atoms with Gasteiger partial charge in [0, 0.05) is 6.04 Å². The summed E-state index contributed by atoms with van der Waals surface area (Å²) in [7, 11) is 0. The second-order valence-electron chi connectivity index (χ2n) is 5.46. The number of hydrogen-bond acceptors (Lipinski definition) is 2. The van der Waals surface area contributed by atoms with Crippen LogP contribution in [0.4, 0.5) is 13.2 Å². The zero-order chi connectivity index (χ0) is 14.6. The fraction of sp³-hybridized carbons (Fsp3) is 0.600. The molecule has 2 rings (SSSR count). The highest BCUT2D eigenvalue weighted by molar-refractivity contribution is 5.26. The molecule has 1 aromatic rings. The standard InChI is InChI=1S/C15H21F3N2/c1-11(20-10-12-3-2-8-19-9-12)13-4-6-14(7-5-13)15(16,17)18/h4-7,11-12,19-20H,2-3,8-10H2,1H3. The number of benzene rings is 1. The summed E-state index contributed by atoms with van der Waals surface area (Å²) >= 11 is 0. The predicted molar refractivity (Wildman–Crippen MR) is 73.5 cm³/mol. The molecule has 0 aliphatic carbocycles. The highest BCUT2D eigenvalue weighted by Gasteiger charge is 2.30. The Morgan fingerprint density at radius 2 is 2.00 bits per heavy atom. The first-order chi connectivity index (χ1) is 9.47. The predicted octanol–water partition coefficient (Wildman–Crippen LogP) is 3.36. The third-order valence-corrected chi connectivity index (χ3v) is 3.85. The van der Waals surface area contributed by atoms with Crippen LogP contribution in [0.25, 0.3) is 0 Å². The van der Waals surface area contributed by atoms with E-state index in [4.69, 9.17) is 0 Å². The minimum absolute atomic E-state index is 0.0687. The van der Waals surface area contributed by atoms with Gasteiger partial charge in [-0.15, -0.1) is 0 Å². The van der Waals surface area contributed by atoms with Gasteiger partial charge in [0.15, 0.2) is 0 Å². The Morgan fingerprint density at radius 3 is 2.55 bits per heavy atom. The molecule has 112 valence electrons. The van der Waals surface area contributed by atoms with Crippen molar-refractivity contribution in [2.75, 3.05) is 19.6 Å². The highest BCUT2D eigenvalue weighted by atomic mass is 19.4. The van der Waals surface area contributed by atoms with E-state index in [1.165, 1.54) is 12.8 Å². The molecule has 2 unspecified atom stereocenters. The van der Waals surface area contributed by atoms with Crippen LogP contribution in [0.15, 0.2) is 24.3 Å². The van der Waals surface area contributed by atoms with Gasteiger partial charge in [0.1, 0.15) is 0 Å². The molecule has 0 bridgehead atoms. The lowest BCUT2D eigenvalue weighted by molar-refractivity contribution is -0.137. The lowest BCUT2D eigenvalue weighted by atomic mass is 9.98. The van der Waals surface area contributed by atoms with Crippen molar-refractivity contribution in [2.45, 2.75) is 32.0 Å². The average Bonchev–Trinajstić information content (AvgIpc) is 2.45. The Hall–Kier alpha value is -1.07. The quantitative estimate of drug-likeness (QED) is 0.887. The molecular weight excluding hydrogens is 265 g/mol. The van der Waals surface area contributed by atoms with Crippen LogP contribution in [0.2, 0.25) is 0 Å². The smallest absolute Gasteiger partial charge is 0.316 e. The van der Waals surface area contributed by atoms with Crippen LogP contribution >= 0.6 is 0 Å². The van der Waals surface area contributed by atoms with E-state index in [2.05, 4.69) is 10.6 Å². The van der Waals surface area contributed by atoms with E-state index in [-0.39, 0.29) is 6.04 Å². The molecule has 0 amide bonds. The minimum Gasteiger partial charge on any atom is -0.316 e. The number of hydrogen-bond donors (Lipinski definition) is 2. The lowest BCUT2D eigenvalue weighted by Crippen LogP contribution is -2.36. The number of alkyl halides is 3. The van der Waals surface area contributed by atoms with Crippen LogP contribution < -0.4 is 10.6 Å². The highest BCUT2D eigenvalue weighted by Crippen LogP contribution is 2.29. The van der Waals surface area contributed by atoms with Gasteiger partial charge in [-0.2, -0.15) is 13.2 Å². The molecule has 1 saturated heterocycles. The molecule has 1 aliphatic heterocycles. The molecule has 0 saturated carbocycles. The van der Waals surface area contributed by atoms with Gasteiger partial charge in [0.2, 0.25) is 0 Å². The van der Waals surface area contributed by atoms with Gasteiger partial charge in [-0.05, 0) is 63.0 Å². The summed E-state index contributed by atoms with van der Waals surface area (Å²) in [6, 6.07) is 5.48. The van der Waals surface area contributed by atoms with E-state index in [0.29, 0.717) is 5.92 Å². The van der Waals surface area contributed by atoms with Gasteiger partial charge in [0.05, 0.1) is 5.56 Å². The van der Waals surface area contributed by atoms with Gasteiger partial charge in [-0.3, -0.25) is 0 Å². The summed E-state index contributed by atoms with van der Waals surface area (Å²) < 4.78 is 37.5. The number of halogens is 3. The largest absolute Gasteiger partial charge is 0.416 e. The Morgan fingerprint density at radius 1 is 1.30 bits per heavy atom. The van der Waals surface area contributed by atoms with Gasteiger partial charge < -0.3 is 10.6 Å². The van der Waals surface area contributed by atoms with Crippen molar-refractivity contribution < 1.29 is 13.2 Å². The molecule has 1 heterocycles. The van der Waals surface area contributed by atoms with Crippen molar-refractivity contribution in [2.24, 2.45) is 5.92 Å². The molecule has 1 fully saturated rings. The van der Waals surface area contributed by atoms with Crippen LogP contribution in [-0.4, -0.2) is 19.6 Å². The Bertz CT molecular complexity index is 408. The van der Waals surface area contributed by atoms with Crippen LogP contribution in [-0.2, 0) is 6.18 Å². The first-order valence-electron chi connectivity index (χ1n) is 7.08. The maximum atomic E-state index is 12.5. The van der Waals surface area contributed by atoms with Gasteiger partial charge in [-0.1, -0.05) is 12.1 Å². The van der Waals surface area contributed by atoms with Crippen LogP contribution in [0.1, 0.15) is 36.9 Å². The molecule has 2 N–H and O–H groups in total. The third-order valence-electron chi connectivity index (χ3n) is 3.85. The molecular formula is C15H21F3N2. The molecule has 20 heavy (non-hydrogen) atoms. The van der Waals surface area contributed by atoms with Crippen LogP contribution in [0, 0.1) is 5.92 Å². The van der Waals surface area contributed by atoms with Crippen molar-refractivity contribution in [1.29, 1.82) is 0 Å². The molecule has 1 aromatic carbocycles. The van der Waals surface area contributed by atoms with Crippen molar-refractivity contribution in [3.63, 3.8) is 0 Å². The Balaban J connectivity index is 1.87. The molecule has 0 spiro atoms. The minimum atomic E-state index is -4.26. The normalized spacial score (nSPS) is 21.7. The summed E-state index contributed by atoms with van der Waals surface area (Å²) in [6.07, 6.45) is -1.86. The van der Waals surface area contributed by atoms with E-state index in [9.17, 15) is 13.2 Å². The van der Waals surface area contributed by atoms with E-state index in [0.717, 1.165) is 37.3 Å². The third kappa shape index (κ3) is 4.21. The van der Waals surface area contributed by atoms with E-state index < -0.39 is 11.7 Å². The van der Waals surface area contributed by atoms with Crippen LogP contribution in [0.5, 0.6) is 0 Å².